The number of rotatable bonds is 4. The van der Waals surface area contributed by atoms with Crippen molar-refractivity contribution >= 4 is 17.2 Å². The van der Waals surface area contributed by atoms with E-state index in [-0.39, 0.29) is 17.7 Å². The van der Waals surface area contributed by atoms with Gasteiger partial charge in [0.2, 0.25) is 5.76 Å². The Bertz CT molecular complexity index is 720. The maximum absolute atomic E-state index is 12.2. The third-order valence-electron chi connectivity index (χ3n) is 3.12. The molecule has 5 heteroatoms. The van der Waals surface area contributed by atoms with Crippen LogP contribution in [0.4, 0.5) is 0 Å². The highest BCUT2D eigenvalue weighted by Gasteiger charge is 2.17. The number of nitrogens with one attached hydrogen (secondary N) is 1. The molecule has 1 atom stereocenters. The number of carbonyl (C=O) groups is 1. The van der Waals surface area contributed by atoms with Crippen molar-refractivity contribution in [2.24, 2.45) is 0 Å². The lowest BCUT2D eigenvalue weighted by Gasteiger charge is -2.09. The number of thiophene rings is 1. The van der Waals surface area contributed by atoms with Gasteiger partial charge in [0.05, 0.1) is 6.04 Å². The number of nitrogens with zero attached hydrogens (tertiary/aromatic N) is 1. The molecule has 0 unspecified atom stereocenters. The molecule has 0 aliphatic rings. The first-order chi connectivity index (χ1) is 10.2. The average molecular weight is 298 g/mol. The highest BCUT2D eigenvalue weighted by molar-refractivity contribution is 7.10. The van der Waals surface area contributed by atoms with Gasteiger partial charge in [-0.3, -0.25) is 4.79 Å². The number of amides is 1. The van der Waals surface area contributed by atoms with Gasteiger partial charge in [-0.25, -0.2) is 0 Å². The lowest BCUT2D eigenvalue weighted by Crippen LogP contribution is -2.25. The number of hydrogen-bond donors (Lipinski definition) is 1. The van der Waals surface area contributed by atoms with Crippen LogP contribution in [0.1, 0.15) is 28.4 Å². The quantitative estimate of drug-likeness (QED) is 0.795. The normalized spacial score (nSPS) is 12.0. The Balaban J connectivity index is 1.73. The van der Waals surface area contributed by atoms with Crippen LogP contribution in [0.25, 0.3) is 11.3 Å². The van der Waals surface area contributed by atoms with Gasteiger partial charge in [-0.15, -0.1) is 11.3 Å². The van der Waals surface area contributed by atoms with Crippen molar-refractivity contribution in [3.63, 3.8) is 0 Å². The van der Waals surface area contributed by atoms with E-state index in [1.807, 2.05) is 54.8 Å². The molecule has 1 aromatic carbocycles. The number of hydrogen-bond acceptors (Lipinski definition) is 4. The summed E-state index contributed by atoms with van der Waals surface area (Å²) in [5, 5.41) is 8.83. The van der Waals surface area contributed by atoms with Crippen molar-refractivity contribution in [1.29, 1.82) is 0 Å². The van der Waals surface area contributed by atoms with E-state index < -0.39 is 0 Å². The SMILES string of the molecule is C[C@@H](NC(=O)c1cc(-c2ccccc2)no1)c1cccs1. The van der Waals surface area contributed by atoms with Gasteiger partial charge in [-0.2, -0.15) is 0 Å². The molecule has 4 nitrogen and oxygen atoms in total. The van der Waals surface area contributed by atoms with E-state index in [2.05, 4.69) is 10.5 Å². The summed E-state index contributed by atoms with van der Waals surface area (Å²) in [7, 11) is 0. The monoisotopic (exact) mass is 298 g/mol. The molecule has 2 heterocycles. The summed E-state index contributed by atoms with van der Waals surface area (Å²) in [6.07, 6.45) is 0. The molecule has 106 valence electrons. The maximum Gasteiger partial charge on any atom is 0.290 e. The van der Waals surface area contributed by atoms with Crippen LogP contribution < -0.4 is 5.32 Å². The van der Waals surface area contributed by atoms with Crippen LogP contribution in [0.3, 0.4) is 0 Å². The first-order valence-electron chi connectivity index (χ1n) is 6.60. The molecule has 0 saturated heterocycles. The minimum atomic E-state index is -0.259. The maximum atomic E-state index is 12.2. The van der Waals surface area contributed by atoms with Crippen LogP contribution in [0.15, 0.2) is 58.4 Å². The zero-order chi connectivity index (χ0) is 14.7. The second-order valence-corrected chi connectivity index (χ2v) is 5.63. The molecule has 0 aliphatic carbocycles. The Morgan fingerprint density at radius 2 is 2.05 bits per heavy atom. The van der Waals surface area contributed by atoms with Gasteiger partial charge in [-0.05, 0) is 18.4 Å². The number of benzene rings is 1. The summed E-state index contributed by atoms with van der Waals surface area (Å²) >= 11 is 1.61. The largest absolute Gasteiger partial charge is 0.350 e. The molecule has 0 fully saturated rings. The summed E-state index contributed by atoms with van der Waals surface area (Å²) in [6.45, 7) is 1.94. The van der Waals surface area contributed by atoms with Crippen molar-refractivity contribution in [3.05, 3.63) is 64.5 Å². The summed E-state index contributed by atoms with van der Waals surface area (Å²) in [6, 6.07) is 15.2. The summed E-state index contributed by atoms with van der Waals surface area (Å²) < 4.78 is 5.14. The fourth-order valence-electron chi connectivity index (χ4n) is 2.00. The van der Waals surface area contributed by atoms with E-state index in [1.54, 1.807) is 17.4 Å². The molecule has 0 aliphatic heterocycles. The molecule has 2 aromatic heterocycles. The van der Waals surface area contributed by atoms with Crippen LogP contribution in [0, 0.1) is 0 Å². The highest BCUT2D eigenvalue weighted by atomic mass is 32.1. The van der Waals surface area contributed by atoms with Crippen molar-refractivity contribution in [1.82, 2.24) is 10.5 Å². The average Bonchev–Trinajstić information content (AvgIpc) is 3.20. The highest BCUT2D eigenvalue weighted by Crippen LogP contribution is 2.21. The van der Waals surface area contributed by atoms with Crippen molar-refractivity contribution in [2.75, 3.05) is 0 Å². The van der Waals surface area contributed by atoms with Crippen LogP contribution in [-0.4, -0.2) is 11.1 Å². The van der Waals surface area contributed by atoms with E-state index in [9.17, 15) is 4.79 Å². The van der Waals surface area contributed by atoms with E-state index in [0.29, 0.717) is 5.69 Å². The van der Waals surface area contributed by atoms with Crippen molar-refractivity contribution in [3.8, 4) is 11.3 Å². The molecule has 1 N–H and O–H groups in total. The summed E-state index contributed by atoms with van der Waals surface area (Å²) in [4.78, 5) is 13.3. The molecule has 0 bridgehead atoms. The van der Waals surface area contributed by atoms with E-state index >= 15 is 0 Å². The van der Waals surface area contributed by atoms with Crippen LogP contribution >= 0.6 is 11.3 Å². The topological polar surface area (TPSA) is 55.1 Å². The molecular formula is C16H14N2O2S. The van der Waals surface area contributed by atoms with Gasteiger partial charge in [0, 0.05) is 16.5 Å². The third-order valence-corrected chi connectivity index (χ3v) is 4.18. The first-order valence-corrected chi connectivity index (χ1v) is 7.48. The lowest BCUT2D eigenvalue weighted by atomic mass is 10.1. The second-order valence-electron chi connectivity index (χ2n) is 4.65. The lowest BCUT2D eigenvalue weighted by molar-refractivity contribution is 0.0903. The molecule has 0 spiro atoms. The fourth-order valence-corrected chi connectivity index (χ4v) is 2.74. The Kier molecular flexibility index (Phi) is 3.83. The molecule has 1 amide bonds. The zero-order valence-corrected chi connectivity index (χ0v) is 12.3. The van der Waals surface area contributed by atoms with Gasteiger partial charge in [0.1, 0.15) is 5.69 Å². The van der Waals surface area contributed by atoms with Crippen molar-refractivity contribution < 1.29 is 9.32 Å². The van der Waals surface area contributed by atoms with E-state index in [0.717, 1.165) is 10.4 Å². The van der Waals surface area contributed by atoms with Crippen LogP contribution in [0.5, 0.6) is 0 Å². The van der Waals surface area contributed by atoms with Gasteiger partial charge >= 0.3 is 0 Å². The van der Waals surface area contributed by atoms with Crippen molar-refractivity contribution in [2.45, 2.75) is 13.0 Å². The van der Waals surface area contributed by atoms with Gasteiger partial charge in [0.25, 0.3) is 5.91 Å². The molecule has 3 rings (SSSR count). The minimum Gasteiger partial charge on any atom is -0.350 e. The smallest absolute Gasteiger partial charge is 0.290 e. The van der Waals surface area contributed by atoms with Gasteiger partial charge < -0.3 is 9.84 Å². The van der Waals surface area contributed by atoms with E-state index in [4.69, 9.17) is 4.52 Å². The zero-order valence-electron chi connectivity index (χ0n) is 11.4. The summed E-state index contributed by atoms with van der Waals surface area (Å²) in [5.41, 5.74) is 1.58. The molecule has 0 saturated carbocycles. The first kappa shape index (κ1) is 13.6. The third kappa shape index (κ3) is 3.03. The fraction of sp³-hybridized carbons (Fsp3) is 0.125. The van der Waals surface area contributed by atoms with Crippen LogP contribution in [-0.2, 0) is 0 Å². The Labute approximate surface area is 126 Å². The van der Waals surface area contributed by atoms with Gasteiger partial charge in [-0.1, -0.05) is 41.6 Å². The molecular weight excluding hydrogens is 284 g/mol. The molecule has 0 radical (unpaired) electrons. The standard InChI is InChI=1S/C16H14N2O2S/c1-11(15-8-5-9-21-15)17-16(19)14-10-13(18-20-14)12-6-3-2-4-7-12/h2-11H,1H3,(H,17,19)/t11-/m1/s1. The predicted molar refractivity (Wildman–Crippen MR) is 82.1 cm³/mol. The number of aromatic nitrogens is 1. The predicted octanol–water partition coefficient (Wildman–Crippen LogP) is 3.89. The molecule has 3 aromatic rings. The Morgan fingerprint density at radius 1 is 1.24 bits per heavy atom. The van der Waals surface area contributed by atoms with E-state index in [1.165, 1.54) is 0 Å². The summed E-state index contributed by atoms with van der Waals surface area (Å²) in [5.74, 6) is -0.0390. The van der Waals surface area contributed by atoms with Crippen LogP contribution in [0.2, 0.25) is 0 Å². The Morgan fingerprint density at radius 3 is 2.76 bits per heavy atom. The number of carbonyl (C=O) groups excluding carboxylic acids is 1. The molecule has 21 heavy (non-hydrogen) atoms. The van der Waals surface area contributed by atoms with Gasteiger partial charge in [0.15, 0.2) is 0 Å². The Hall–Kier alpha value is -2.40. The minimum absolute atomic E-state index is 0.0530. The second kappa shape index (κ2) is 5.93.